The average molecular weight is 339 g/mol. The molecule has 2 aromatic carbocycles. The van der Waals surface area contributed by atoms with Gasteiger partial charge in [0, 0.05) is 30.4 Å². The van der Waals surface area contributed by atoms with Gasteiger partial charge in [0.15, 0.2) is 0 Å². The third kappa shape index (κ3) is 2.74. The third-order valence-corrected chi connectivity index (χ3v) is 4.46. The highest BCUT2D eigenvalue weighted by Crippen LogP contribution is 2.34. The Labute approximate surface area is 143 Å². The molecule has 0 radical (unpaired) electrons. The first-order chi connectivity index (χ1) is 11.5. The zero-order chi connectivity index (χ0) is 17.3. The molecule has 1 aromatic heterocycles. The van der Waals surface area contributed by atoms with E-state index in [1.54, 1.807) is 13.4 Å². The van der Waals surface area contributed by atoms with Crippen LogP contribution in [0.4, 0.5) is 5.69 Å². The Kier molecular flexibility index (Phi) is 4.28. The molecule has 0 saturated carbocycles. The van der Waals surface area contributed by atoms with E-state index in [1.165, 1.54) is 0 Å². The molecule has 0 aliphatic heterocycles. The molecule has 1 unspecified atom stereocenters. The lowest BCUT2D eigenvalue weighted by atomic mass is 10.1. The maximum atomic E-state index is 11.2. The highest BCUT2D eigenvalue weighted by atomic mass is 32.2. The molecular formula is C18H17N3O2S. The van der Waals surface area contributed by atoms with Gasteiger partial charge in [0.1, 0.15) is 22.8 Å². The number of anilines is 1. The molecule has 1 N–H and O–H groups in total. The van der Waals surface area contributed by atoms with E-state index < -0.39 is 11.0 Å². The van der Waals surface area contributed by atoms with Crippen LogP contribution in [0.3, 0.4) is 0 Å². The van der Waals surface area contributed by atoms with Gasteiger partial charge in [-0.15, -0.1) is 0 Å². The van der Waals surface area contributed by atoms with Crippen LogP contribution < -0.4 is 9.46 Å². The second-order valence-electron chi connectivity index (χ2n) is 5.41. The lowest BCUT2D eigenvalue weighted by Crippen LogP contribution is -2.00. The van der Waals surface area contributed by atoms with Crippen molar-refractivity contribution in [3.63, 3.8) is 0 Å². The van der Waals surface area contributed by atoms with Crippen molar-refractivity contribution in [3.05, 3.63) is 48.0 Å². The number of benzene rings is 2. The minimum absolute atomic E-state index is 0.634. The molecular weight excluding hydrogens is 322 g/mol. The molecule has 1 heterocycles. The summed E-state index contributed by atoms with van der Waals surface area (Å²) in [6, 6.07) is 15.6. The second-order valence-corrected chi connectivity index (χ2v) is 6.52. The van der Waals surface area contributed by atoms with Crippen molar-refractivity contribution >= 4 is 27.6 Å². The number of aryl methyl sites for hydroxylation is 1. The van der Waals surface area contributed by atoms with Gasteiger partial charge in [0.25, 0.3) is 0 Å². The average Bonchev–Trinajstić information content (AvgIpc) is 2.86. The predicted molar refractivity (Wildman–Crippen MR) is 97.3 cm³/mol. The lowest BCUT2D eigenvalue weighted by molar-refractivity contribution is 0.415. The molecule has 0 aliphatic carbocycles. The Morgan fingerprint density at radius 2 is 1.92 bits per heavy atom. The van der Waals surface area contributed by atoms with E-state index in [2.05, 4.69) is 10.8 Å². The summed E-state index contributed by atoms with van der Waals surface area (Å²) in [7, 11) is 2.44. The highest BCUT2D eigenvalue weighted by molar-refractivity contribution is 7.85. The van der Waals surface area contributed by atoms with E-state index >= 15 is 0 Å². The summed E-state index contributed by atoms with van der Waals surface area (Å²) in [6.07, 6.45) is 1.58. The zero-order valence-corrected chi connectivity index (χ0v) is 14.5. The normalized spacial score (nSPS) is 11.9. The van der Waals surface area contributed by atoms with E-state index in [0.717, 1.165) is 33.6 Å². The number of ether oxygens (including phenoxy) is 1. The smallest absolute Gasteiger partial charge is 0.120 e. The Bertz CT molecular complexity index is 969. The molecule has 0 spiro atoms. The fourth-order valence-electron chi connectivity index (χ4n) is 2.86. The van der Waals surface area contributed by atoms with E-state index in [1.807, 2.05) is 54.1 Å². The molecule has 5 nitrogen and oxygen atoms in total. The summed E-state index contributed by atoms with van der Waals surface area (Å²) >= 11 is 0. The number of nitrogens with one attached hydrogen (secondary N) is 1. The summed E-state index contributed by atoms with van der Waals surface area (Å²) in [6.45, 7) is 0. The van der Waals surface area contributed by atoms with Crippen molar-refractivity contribution in [2.24, 2.45) is 7.05 Å². The summed E-state index contributed by atoms with van der Waals surface area (Å²) in [5, 5.41) is 10.5. The number of nitrogens with zero attached hydrogens (tertiary/aromatic N) is 2. The van der Waals surface area contributed by atoms with Gasteiger partial charge in [0.05, 0.1) is 23.9 Å². The number of hydrogen-bond donors (Lipinski definition) is 1. The Hall–Kier alpha value is -2.78. The van der Waals surface area contributed by atoms with Crippen molar-refractivity contribution < 1.29 is 8.95 Å². The molecule has 0 amide bonds. The topological polar surface area (TPSA) is 67.0 Å². The van der Waals surface area contributed by atoms with Crippen LogP contribution in [-0.4, -0.2) is 22.1 Å². The number of nitriles is 1. The minimum atomic E-state index is -1.12. The molecule has 3 rings (SSSR count). The first kappa shape index (κ1) is 16.1. The summed E-state index contributed by atoms with van der Waals surface area (Å²) in [5.41, 5.74) is 4.13. The van der Waals surface area contributed by atoms with Gasteiger partial charge in [-0.3, -0.25) is 0 Å². The molecule has 0 saturated heterocycles. The van der Waals surface area contributed by atoms with Crippen LogP contribution in [0.25, 0.3) is 22.2 Å². The predicted octanol–water partition coefficient (Wildman–Crippen LogP) is 3.43. The first-order valence-corrected chi connectivity index (χ1v) is 8.88. The fraction of sp³-hybridized carbons (Fsp3) is 0.167. The Balaban J connectivity index is 2.17. The van der Waals surface area contributed by atoms with E-state index in [9.17, 15) is 9.47 Å². The van der Waals surface area contributed by atoms with Gasteiger partial charge in [-0.25, -0.2) is 4.21 Å². The van der Waals surface area contributed by atoms with Crippen molar-refractivity contribution in [1.29, 1.82) is 5.26 Å². The van der Waals surface area contributed by atoms with Crippen LogP contribution in [0.5, 0.6) is 5.75 Å². The maximum absolute atomic E-state index is 11.2. The number of methoxy groups -OCH3 is 1. The maximum Gasteiger partial charge on any atom is 0.120 e. The van der Waals surface area contributed by atoms with Crippen LogP contribution in [0.15, 0.2) is 42.5 Å². The van der Waals surface area contributed by atoms with Gasteiger partial charge in [-0.1, -0.05) is 12.1 Å². The molecule has 1 atom stereocenters. The molecule has 0 fully saturated rings. The Morgan fingerprint density at radius 3 is 2.50 bits per heavy atom. The molecule has 122 valence electrons. The zero-order valence-electron chi connectivity index (χ0n) is 13.7. The number of rotatable bonds is 4. The van der Waals surface area contributed by atoms with Crippen LogP contribution >= 0.6 is 0 Å². The van der Waals surface area contributed by atoms with Gasteiger partial charge < -0.3 is 14.0 Å². The van der Waals surface area contributed by atoms with E-state index in [-0.39, 0.29) is 0 Å². The van der Waals surface area contributed by atoms with Crippen LogP contribution in [0.1, 0.15) is 5.56 Å². The summed E-state index contributed by atoms with van der Waals surface area (Å²) in [4.78, 5) is 0. The van der Waals surface area contributed by atoms with Crippen molar-refractivity contribution in [2.75, 3.05) is 18.1 Å². The summed E-state index contributed by atoms with van der Waals surface area (Å²) in [5.74, 6) is 0.754. The van der Waals surface area contributed by atoms with Gasteiger partial charge in [0.2, 0.25) is 0 Å². The van der Waals surface area contributed by atoms with Crippen molar-refractivity contribution in [3.8, 4) is 23.1 Å². The molecule has 0 bridgehead atoms. The molecule has 6 heteroatoms. The van der Waals surface area contributed by atoms with Crippen molar-refractivity contribution in [2.45, 2.75) is 0 Å². The van der Waals surface area contributed by atoms with Crippen LogP contribution in [0, 0.1) is 11.3 Å². The van der Waals surface area contributed by atoms with Crippen molar-refractivity contribution in [1.82, 2.24) is 4.57 Å². The third-order valence-electron chi connectivity index (χ3n) is 3.94. The Morgan fingerprint density at radius 1 is 1.21 bits per heavy atom. The largest absolute Gasteiger partial charge is 0.497 e. The highest BCUT2D eigenvalue weighted by Gasteiger charge is 2.17. The first-order valence-electron chi connectivity index (χ1n) is 7.32. The number of hydrogen-bond acceptors (Lipinski definition) is 3. The standard InChI is InChI=1S/C18H17N3O2S/c1-21-17-10-14(23-2)8-9-15(17)16(11-19)18(21)12-4-6-13(7-5-12)20-24(3)22/h4-10,20H,1-3H3. The minimum Gasteiger partial charge on any atom is -0.497 e. The van der Waals surface area contributed by atoms with Crippen LogP contribution in [-0.2, 0) is 18.0 Å². The molecule has 24 heavy (non-hydrogen) atoms. The lowest BCUT2D eigenvalue weighted by Gasteiger charge is -2.07. The van der Waals surface area contributed by atoms with E-state index in [0.29, 0.717) is 5.56 Å². The number of fused-ring (bicyclic) bond motifs is 1. The second kappa shape index (κ2) is 6.38. The monoisotopic (exact) mass is 339 g/mol. The van der Waals surface area contributed by atoms with Crippen LogP contribution in [0.2, 0.25) is 0 Å². The molecule has 3 aromatic rings. The van der Waals surface area contributed by atoms with Gasteiger partial charge >= 0.3 is 0 Å². The van der Waals surface area contributed by atoms with Gasteiger partial charge in [-0.05, 0) is 29.8 Å². The number of aromatic nitrogens is 1. The molecule has 0 aliphatic rings. The quantitative estimate of drug-likeness (QED) is 0.792. The SMILES string of the molecule is COc1ccc2c(C#N)c(-c3ccc(NS(C)=O)cc3)n(C)c2c1. The van der Waals surface area contributed by atoms with Gasteiger partial charge in [-0.2, -0.15) is 5.26 Å². The van der Waals surface area contributed by atoms with E-state index in [4.69, 9.17) is 4.74 Å². The summed E-state index contributed by atoms with van der Waals surface area (Å²) < 4.78 is 21.4. The fourth-order valence-corrected chi connectivity index (χ4v) is 3.32.